The number of aromatic nitrogens is 1. The molecule has 0 bridgehead atoms. The van der Waals surface area contributed by atoms with Gasteiger partial charge in [-0.05, 0) is 42.7 Å². The molecule has 1 heterocycles. The highest BCUT2D eigenvalue weighted by Crippen LogP contribution is 2.26. The van der Waals surface area contributed by atoms with Crippen LogP contribution in [0.4, 0.5) is 11.4 Å². The molecule has 0 fully saturated rings. The van der Waals surface area contributed by atoms with E-state index >= 15 is 0 Å². The fraction of sp³-hybridized carbons (Fsp3) is 0.167. The first-order chi connectivity index (χ1) is 10.3. The molecule has 1 aromatic heterocycles. The van der Waals surface area contributed by atoms with E-state index in [9.17, 15) is 0 Å². The molecular formula is C18H19N3. The molecular weight excluding hydrogens is 258 g/mol. The Morgan fingerprint density at radius 3 is 2.67 bits per heavy atom. The smallest absolute Gasteiger partial charge is 0.0953 e. The fourth-order valence-electron chi connectivity index (χ4n) is 2.50. The number of anilines is 2. The Balaban J connectivity index is 1.65. The summed E-state index contributed by atoms with van der Waals surface area (Å²) in [6.45, 7) is 0.921. The molecule has 0 saturated heterocycles. The molecule has 3 heteroatoms. The summed E-state index contributed by atoms with van der Waals surface area (Å²) in [7, 11) is 0. The van der Waals surface area contributed by atoms with E-state index < -0.39 is 0 Å². The molecule has 21 heavy (non-hydrogen) atoms. The molecule has 0 aliphatic rings. The van der Waals surface area contributed by atoms with Gasteiger partial charge in [-0.15, -0.1) is 0 Å². The average molecular weight is 277 g/mol. The van der Waals surface area contributed by atoms with Gasteiger partial charge >= 0.3 is 0 Å². The van der Waals surface area contributed by atoms with E-state index in [1.54, 1.807) is 6.20 Å². The van der Waals surface area contributed by atoms with Crippen LogP contribution in [0.25, 0.3) is 10.9 Å². The Hall–Kier alpha value is -2.55. The van der Waals surface area contributed by atoms with E-state index in [2.05, 4.69) is 34.6 Å². The molecule has 0 amide bonds. The van der Waals surface area contributed by atoms with Crippen LogP contribution < -0.4 is 11.1 Å². The Labute approximate surface area is 124 Å². The highest BCUT2D eigenvalue weighted by Gasteiger charge is 2.04. The summed E-state index contributed by atoms with van der Waals surface area (Å²) in [4.78, 5) is 4.44. The summed E-state index contributed by atoms with van der Waals surface area (Å²) in [5.41, 5.74) is 10.1. The minimum absolute atomic E-state index is 0.771. The quantitative estimate of drug-likeness (QED) is 0.550. The van der Waals surface area contributed by atoms with Crippen molar-refractivity contribution in [1.82, 2.24) is 4.98 Å². The Morgan fingerprint density at radius 2 is 1.81 bits per heavy atom. The first-order valence-corrected chi connectivity index (χ1v) is 7.25. The van der Waals surface area contributed by atoms with Crippen LogP contribution in [0.1, 0.15) is 12.0 Å². The van der Waals surface area contributed by atoms with E-state index in [4.69, 9.17) is 5.73 Å². The van der Waals surface area contributed by atoms with Gasteiger partial charge in [-0.25, -0.2) is 0 Å². The molecule has 3 N–H and O–H groups in total. The number of rotatable bonds is 5. The number of hydrogen-bond acceptors (Lipinski definition) is 3. The van der Waals surface area contributed by atoms with Crippen LogP contribution >= 0.6 is 0 Å². The first-order valence-electron chi connectivity index (χ1n) is 7.25. The zero-order chi connectivity index (χ0) is 14.5. The van der Waals surface area contributed by atoms with Gasteiger partial charge in [0.25, 0.3) is 0 Å². The molecule has 3 rings (SSSR count). The minimum Gasteiger partial charge on any atom is -0.398 e. The summed E-state index contributed by atoms with van der Waals surface area (Å²) in [6, 6.07) is 18.4. The second-order valence-electron chi connectivity index (χ2n) is 5.12. The Morgan fingerprint density at radius 1 is 0.952 bits per heavy atom. The van der Waals surface area contributed by atoms with Crippen molar-refractivity contribution >= 4 is 22.3 Å². The number of nitrogens with zero attached hydrogens (tertiary/aromatic N) is 1. The lowest BCUT2D eigenvalue weighted by Gasteiger charge is -2.10. The normalized spacial score (nSPS) is 10.7. The van der Waals surface area contributed by atoms with E-state index in [0.717, 1.165) is 41.7 Å². The second kappa shape index (κ2) is 6.27. The fourth-order valence-corrected chi connectivity index (χ4v) is 2.50. The number of nitrogens with one attached hydrogen (secondary N) is 1. The topological polar surface area (TPSA) is 50.9 Å². The summed E-state index contributed by atoms with van der Waals surface area (Å²) in [5.74, 6) is 0. The minimum atomic E-state index is 0.771. The van der Waals surface area contributed by atoms with Crippen molar-refractivity contribution in [1.29, 1.82) is 0 Å². The molecule has 3 nitrogen and oxygen atoms in total. The van der Waals surface area contributed by atoms with E-state index in [1.807, 2.05) is 30.3 Å². The standard InChI is InChI=1S/C18H19N3/c19-16-10-11-17(18-15(16)9-5-13-21-18)20-12-4-8-14-6-2-1-3-7-14/h1-3,5-7,9-11,13,20H,4,8,12,19H2. The highest BCUT2D eigenvalue weighted by atomic mass is 14.9. The van der Waals surface area contributed by atoms with Crippen molar-refractivity contribution in [2.45, 2.75) is 12.8 Å². The molecule has 0 aliphatic heterocycles. The maximum Gasteiger partial charge on any atom is 0.0953 e. The third-order valence-corrected chi connectivity index (χ3v) is 3.60. The van der Waals surface area contributed by atoms with Crippen molar-refractivity contribution in [3.63, 3.8) is 0 Å². The number of hydrogen-bond donors (Lipinski definition) is 2. The molecule has 106 valence electrons. The lowest BCUT2D eigenvalue weighted by Crippen LogP contribution is -2.04. The average Bonchev–Trinajstić information content (AvgIpc) is 2.55. The Bertz CT molecular complexity index is 723. The number of pyridine rings is 1. The largest absolute Gasteiger partial charge is 0.398 e. The first kappa shape index (κ1) is 13.4. The molecule has 0 unspecified atom stereocenters. The van der Waals surface area contributed by atoms with E-state index in [1.165, 1.54) is 5.56 Å². The SMILES string of the molecule is Nc1ccc(NCCCc2ccccc2)c2ncccc12. The maximum atomic E-state index is 5.99. The van der Waals surface area contributed by atoms with Crippen molar-refractivity contribution in [3.8, 4) is 0 Å². The van der Waals surface area contributed by atoms with Gasteiger partial charge in [0.2, 0.25) is 0 Å². The summed E-state index contributed by atoms with van der Waals surface area (Å²) >= 11 is 0. The Kier molecular flexibility index (Phi) is 4.01. The van der Waals surface area contributed by atoms with Crippen LogP contribution in [0.3, 0.4) is 0 Å². The molecule has 0 aliphatic carbocycles. The third kappa shape index (κ3) is 3.14. The van der Waals surface area contributed by atoms with Crippen LogP contribution in [0, 0.1) is 0 Å². The van der Waals surface area contributed by atoms with Crippen molar-refractivity contribution in [3.05, 3.63) is 66.4 Å². The molecule has 3 aromatic rings. The van der Waals surface area contributed by atoms with Crippen LogP contribution in [0.5, 0.6) is 0 Å². The summed E-state index contributed by atoms with van der Waals surface area (Å²) in [6.07, 6.45) is 3.97. The molecule has 0 spiro atoms. The summed E-state index contributed by atoms with van der Waals surface area (Å²) in [5, 5.41) is 4.47. The van der Waals surface area contributed by atoms with Crippen molar-refractivity contribution in [2.24, 2.45) is 0 Å². The van der Waals surface area contributed by atoms with Gasteiger partial charge in [-0.3, -0.25) is 4.98 Å². The van der Waals surface area contributed by atoms with Gasteiger partial charge in [-0.2, -0.15) is 0 Å². The van der Waals surface area contributed by atoms with E-state index in [0.29, 0.717) is 0 Å². The van der Waals surface area contributed by atoms with Gasteiger partial charge in [0.15, 0.2) is 0 Å². The molecule has 0 radical (unpaired) electrons. The highest BCUT2D eigenvalue weighted by molar-refractivity contribution is 5.98. The molecule has 0 atom stereocenters. The molecule has 0 saturated carbocycles. The molecule has 2 aromatic carbocycles. The van der Waals surface area contributed by atoms with Crippen LogP contribution in [0.2, 0.25) is 0 Å². The monoisotopic (exact) mass is 277 g/mol. The summed E-state index contributed by atoms with van der Waals surface area (Å²) < 4.78 is 0. The van der Waals surface area contributed by atoms with Gasteiger partial charge in [0, 0.05) is 23.8 Å². The van der Waals surface area contributed by atoms with Gasteiger partial charge in [-0.1, -0.05) is 30.3 Å². The van der Waals surface area contributed by atoms with Gasteiger partial charge < -0.3 is 11.1 Å². The predicted molar refractivity (Wildman–Crippen MR) is 89.4 cm³/mol. The lowest BCUT2D eigenvalue weighted by atomic mass is 10.1. The number of nitrogens with two attached hydrogens (primary N) is 1. The second-order valence-corrected chi connectivity index (χ2v) is 5.12. The number of benzene rings is 2. The van der Waals surface area contributed by atoms with Crippen LogP contribution in [0.15, 0.2) is 60.8 Å². The zero-order valence-electron chi connectivity index (χ0n) is 11.9. The number of nitrogen functional groups attached to an aromatic ring is 1. The van der Waals surface area contributed by atoms with E-state index in [-0.39, 0.29) is 0 Å². The lowest BCUT2D eigenvalue weighted by molar-refractivity contribution is 0.863. The maximum absolute atomic E-state index is 5.99. The van der Waals surface area contributed by atoms with Gasteiger partial charge in [0.05, 0.1) is 11.2 Å². The number of fused-ring (bicyclic) bond motifs is 1. The van der Waals surface area contributed by atoms with Crippen molar-refractivity contribution < 1.29 is 0 Å². The van der Waals surface area contributed by atoms with Crippen LogP contribution in [-0.2, 0) is 6.42 Å². The van der Waals surface area contributed by atoms with Crippen LogP contribution in [-0.4, -0.2) is 11.5 Å². The van der Waals surface area contributed by atoms with Gasteiger partial charge in [0.1, 0.15) is 0 Å². The number of aryl methyl sites for hydroxylation is 1. The zero-order valence-corrected chi connectivity index (χ0v) is 11.9. The van der Waals surface area contributed by atoms with Crippen molar-refractivity contribution in [2.75, 3.05) is 17.6 Å². The predicted octanol–water partition coefficient (Wildman–Crippen LogP) is 3.86. The third-order valence-electron chi connectivity index (χ3n) is 3.60.